The summed E-state index contributed by atoms with van der Waals surface area (Å²) >= 11 is 1.86. The molecule has 0 saturated heterocycles. The van der Waals surface area contributed by atoms with Crippen molar-refractivity contribution in [3.63, 3.8) is 0 Å². The van der Waals surface area contributed by atoms with Gasteiger partial charge >= 0.3 is 0 Å². The lowest BCUT2D eigenvalue weighted by molar-refractivity contribution is 0.501. The first-order chi connectivity index (χ1) is 7.77. The minimum absolute atomic E-state index is 0.662. The Labute approximate surface area is 103 Å². The van der Waals surface area contributed by atoms with Gasteiger partial charge in [0.05, 0.1) is 0 Å². The topological polar surface area (TPSA) is 38.0 Å². The summed E-state index contributed by atoms with van der Waals surface area (Å²) in [5.74, 6) is 0.662. The monoisotopic (exact) mass is 240 g/mol. The highest BCUT2D eigenvalue weighted by molar-refractivity contribution is 7.10. The van der Waals surface area contributed by atoms with Gasteiger partial charge in [-0.1, -0.05) is 13.8 Å². The lowest BCUT2D eigenvalue weighted by Gasteiger charge is -2.08. The Hall–Kier alpha value is -0.380. The second-order valence-electron chi connectivity index (χ2n) is 4.38. The fraction of sp³-hybridized carbons (Fsp3) is 0.692. The van der Waals surface area contributed by atoms with Gasteiger partial charge in [0.1, 0.15) is 0 Å². The van der Waals surface area contributed by atoms with Crippen LogP contribution >= 0.6 is 11.3 Å². The van der Waals surface area contributed by atoms with Crippen LogP contribution in [0.25, 0.3) is 0 Å². The molecule has 2 nitrogen and oxygen atoms in total. The Morgan fingerprint density at radius 1 is 1.50 bits per heavy atom. The number of aryl methyl sites for hydroxylation is 1. The molecule has 1 aromatic rings. The Morgan fingerprint density at radius 3 is 3.00 bits per heavy atom. The molecule has 0 aliphatic rings. The van der Waals surface area contributed by atoms with Crippen molar-refractivity contribution in [1.82, 2.24) is 5.32 Å². The van der Waals surface area contributed by atoms with Crippen LogP contribution in [0.3, 0.4) is 0 Å². The van der Waals surface area contributed by atoms with E-state index < -0.39 is 0 Å². The molecule has 0 radical (unpaired) electrons. The van der Waals surface area contributed by atoms with Crippen LogP contribution in [0.1, 0.15) is 37.1 Å². The zero-order valence-electron chi connectivity index (χ0n) is 10.5. The van der Waals surface area contributed by atoms with E-state index in [1.807, 2.05) is 11.3 Å². The van der Waals surface area contributed by atoms with E-state index in [-0.39, 0.29) is 0 Å². The maximum Gasteiger partial charge on any atom is 0.0302 e. The Bertz CT molecular complexity index is 283. The molecule has 1 heterocycles. The lowest BCUT2D eigenvalue weighted by atomic mass is 10.1. The van der Waals surface area contributed by atoms with Crippen molar-refractivity contribution < 1.29 is 0 Å². The number of thiophene rings is 1. The molecular weight excluding hydrogens is 216 g/mol. The molecule has 0 aliphatic carbocycles. The predicted molar refractivity (Wildman–Crippen MR) is 72.9 cm³/mol. The summed E-state index contributed by atoms with van der Waals surface area (Å²) in [5, 5.41) is 5.70. The zero-order valence-corrected chi connectivity index (χ0v) is 11.3. The van der Waals surface area contributed by atoms with Crippen molar-refractivity contribution in [2.24, 2.45) is 11.7 Å². The van der Waals surface area contributed by atoms with E-state index in [0.29, 0.717) is 5.92 Å². The highest BCUT2D eigenvalue weighted by Crippen LogP contribution is 2.16. The second-order valence-corrected chi connectivity index (χ2v) is 5.38. The molecule has 16 heavy (non-hydrogen) atoms. The van der Waals surface area contributed by atoms with Crippen LogP contribution in [0, 0.1) is 5.92 Å². The van der Waals surface area contributed by atoms with Crippen LogP contribution < -0.4 is 11.1 Å². The Balaban J connectivity index is 2.11. The van der Waals surface area contributed by atoms with Crippen LogP contribution in [-0.4, -0.2) is 13.1 Å². The molecule has 0 spiro atoms. The maximum atomic E-state index is 5.58. The van der Waals surface area contributed by atoms with Crippen LogP contribution in [0.4, 0.5) is 0 Å². The summed E-state index contributed by atoms with van der Waals surface area (Å²) in [6, 6.07) is 2.23. The molecule has 1 unspecified atom stereocenters. The van der Waals surface area contributed by atoms with Crippen molar-refractivity contribution in [3.8, 4) is 0 Å². The molecule has 1 atom stereocenters. The quantitative estimate of drug-likeness (QED) is 0.686. The van der Waals surface area contributed by atoms with E-state index in [1.165, 1.54) is 23.3 Å². The minimum Gasteiger partial charge on any atom is -0.330 e. The minimum atomic E-state index is 0.662. The van der Waals surface area contributed by atoms with Crippen LogP contribution in [0.15, 0.2) is 11.4 Å². The zero-order chi connectivity index (χ0) is 11.8. The predicted octanol–water partition coefficient (Wildman–Crippen LogP) is 2.78. The smallest absolute Gasteiger partial charge is 0.0302 e. The number of hydrogen-bond acceptors (Lipinski definition) is 3. The summed E-state index contributed by atoms with van der Waals surface area (Å²) in [6.45, 7) is 7.37. The van der Waals surface area contributed by atoms with Crippen molar-refractivity contribution in [2.45, 2.75) is 39.7 Å². The largest absolute Gasteiger partial charge is 0.330 e. The molecule has 3 heteroatoms. The van der Waals surface area contributed by atoms with Crippen LogP contribution in [0.2, 0.25) is 0 Å². The van der Waals surface area contributed by atoms with Gasteiger partial charge in [-0.3, -0.25) is 0 Å². The van der Waals surface area contributed by atoms with E-state index in [2.05, 4.69) is 30.6 Å². The highest BCUT2D eigenvalue weighted by Gasteiger charge is 2.02. The van der Waals surface area contributed by atoms with Gasteiger partial charge in [0.25, 0.3) is 0 Å². The van der Waals surface area contributed by atoms with Crippen molar-refractivity contribution in [3.05, 3.63) is 21.9 Å². The molecule has 0 aliphatic heterocycles. The maximum absolute atomic E-state index is 5.58. The summed E-state index contributed by atoms with van der Waals surface area (Å²) in [7, 11) is 0. The van der Waals surface area contributed by atoms with E-state index in [9.17, 15) is 0 Å². The Morgan fingerprint density at radius 2 is 2.31 bits per heavy atom. The van der Waals surface area contributed by atoms with E-state index in [1.54, 1.807) is 0 Å². The van der Waals surface area contributed by atoms with E-state index in [0.717, 1.165) is 26.1 Å². The number of nitrogens with one attached hydrogen (secondary N) is 1. The van der Waals surface area contributed by atoms with Crippen LogP contribution in [-0.2, 0) is 13.0 Å². The third kappa shape index (κ3) is 4.64. The molecule has 92 valence electrons. The fourth-order valence-electron chi connectivity index (χ4n) is 1.73. The van der Waals surface area contributed by atoms with Gasteiger partial charge in [-0.15, -0.1) is 11.3 Å². The molecule has 1 rings (SSSR count). The summed E-state index contributed by atoms with van der Waals surface area (Å²) in [5.41, 5.74) is 7.08. The number of nitrogens with two attached hydrogens (primary N) is 1. The van der Waals surface area contributed by atoms with E-state index >= 15 is 0 Å². The normalized spacial score (nSPS) is 12.9. The van der Waals surface area contributed by atoms with Crippen molar-refractivity contribution >= 4 is 11.3 Å². The van der Waals surface area contributed by atoms with Gasteiger partial charge in [0.2, 0.25) is 0 Å². The molecule has 3 N–H and O–H groups in total. The van der Waals surface area contributed by atoms with Gasteiger partial charge in [-0.05, 0) is 55.3 Å². The standard InChI is InChI=1S/C13H24N2S/c1-3-12-6-8-16-13(12)10-15-7-4-5-11(2)9-14/h6,8,11,15H,3-5,7,9-10,14H2,1-2H3. The molecule has 0 aromatic carbocycles. The van der Waals surface area contributed by atoms with Gasteiger partial charge in [-0.2, -0.15) is 0 Å². The van der Waals surface area contributed by atoms with E-state index in [4.69, 9.17) is 5.73 Å². The number of rotatable bonds is 8. The van der Waals surface area contributed by atoms with Crippen molar-refractivity contribution in [2.75, 3.05) is 13.1 Å². The average molecular weight is 240 g/mol. The molecule has 0 amide bonds. The first-order valence-electron chi connectivity index (χ1n) is 6.24. The van der Waals surface area contributed by atoms with Gasteiger partial charge in [0, 0.05) is 11.4 Å². The third-order valence-electron chi connectivity index (χ3n) is 2.96. The fourth-order valence-corrected chi connectivity index (χ4v) is 2.68. The molecular formula is C13H24N2S. The second kappa shape index (κ2) is 7.82. The third-order valence-corrected chi connectivity index (χ3v) is 3.92. The summed E-state index contributed by atoms with van der Waals surface area (Å²) in [4.78, 5) is 1.49. The molecule has 0 fully saturated rings. The first-order valence-corrected chi connectivity index (χ1v) is 7.11. The summed E-state index contributed by atoms with van der Waals surface area (Å²) < 4.78 is 0. The van der Waals surface area contributed by atoms with Gasteiger partial charge in [-0.25, -0.2) is 0 Å². The molecule has 1 aromatic heterocycles. The Kier molecular flexibility index (Phi) is 6.69. The first kappa shape index (κ1) is 13.7. The number of hydrogen-bond donors (Lipinski definition) is 2. The average Bonchev–Trinajstić information content (AvgIpc) is 2.75. The SMILES string of the molecule is CCc1ccsc1CNCCCC(C)CN. The van der Waals surface area contributed by atoms with Crippen LogP contribution in [0.5, 0.6) is 0 Å². The van der Waals surface area contributed by atoms with Gasteiger partial charge < -0.3 is 11.1 Å². The molecule has 0 saturated carbocycles. The lowest BCUT2D eigenvalue weighted by Crippen LogP contribution is -2.17. The highest BCUT2D eigenvalue weighted by atomic mass is 32.1. The van der Waals surface area contributed by atoms with Gasteiger partial charge in [0.15, 0.2) is 0 Å². The molecule has 0 bridgehead atoms. The van der Waals surface area contributed by atoms with Crippen molar-refractivity contribution in [1.29, 1.82) is 0 Å². The summed E-state index contributed by atoms with van der Waals surface area (Å²) in [6.07, 6.45) is 3.60.